The topological polar surface area (TPSA) is 589 Å². The van der Waals surface area contributed by atoms with E-state index in [0.29, 0.717) is 12.8 Å². The second-order valence-corrected chi connectivity index (χ2v) is 29.0. The molecule has 105 heavy (non-hydrogen) atoms. The van der Waals surface area contributed by atoms with Crippen molar-refractivity contribution in [2.24, 2.45) is 16.9 Å². The number of phosphoric ester groups is 1. The number of carbonyl (C=O) groups is 4. The fourth-order valence-electron chi connectivity index (χ4n) is 11.9. The number of primary amides is 2. The number of hydrogen-bond donors (Lipinski definition) is 16. The number of ketones is 1. The van der Waals surface area contributed by atoms with Crippen molar-refractivity contribution >= 4 is 31.5 Å². The largest absolute Gasteiger partial charge is 0.668 e. The Morgan fingerprint density at radius 3 is 1.95 bits per heavy atom. The van der Waals surface area contributed by atoms with Gasteiger partial charge in [0.15, 0.2) is 49.1 Å². The SMILES string of the molecule is C=C(C/C=C(\C)CCC=C(C)C)CCC(C)(C)/C=C/CC/C(C)=C\COC(COO)COP(=O)(O)OC1OC(C(N)=O)C(C)(O)C(OC(N)=O)C1OC1OC(COC2OC(CO)C(O)C(O)C2O)C(OC2OC(C)C(OC3OC(C(=O)NC4=C(O)CCC4=O)C(O)C(O)C3O)C(O)C2[NH-])C(O)C1[NH-].[Ac].[Ac]. The fourth-order valence-corrected chi connectivity index (χ4v) is 12.8. The molecule has 6 aliphatic rings. The molecule has 20 N–H and O–H groups in total. The van der Waals surface area contributed by atoms with Crippen LogP contribution in [0.5, 0.6) is 0 Å². The van der Waals surface area contributed by atoms with Gasteiger partial charge in [0.05, 0.1) is 44.7 Å². The van der Waals surface area contributed by atoms with Crippen LogP contribution in [0.15, 0.2) is 70.7 Å². The van der Waals surface area contributed by atoms with Gasteiger partial charge in [0.2, 0.25) is 5.91 Å². The summed E-state index contributed by atoms with van der Waals surface area (Å²) in [6, 6.07) is -4.27. The Morgan fingerprint density at radius 2 is 1.34 bits per heavy atom. The number of hydrogen-bond acceptors (Lipinski definition) is 31. The third-order valence-electron chi connectivity index (χ3n) is 18.2. The van der Waals surface area contributed by atoms with E-state index in [1.807, 2.05) is 6.92 Å². The number of allylic oxidation sites excluding steroid dienone is 10. The number of rotatable bonds is 36. The van der Waals surface area contributed by atoms with Crippen LogP contribution in [0.4, 0.5) is 4.79 Å². The maximum atomic E-state index is 14.0. The van der Waals surface area contributed by atoms with Crippen LogP contribution in [0.3, 0.4) is 0 Å². The molecule has 37 nitrogen and oxygen atoms in total. The van der Waals surface area contributed by atoms with Crippen LogP contribution in [-0.4, -0.2) is 282 Å². The van der Waals surface area contributed by atoms with Gasteiger partial charge in [-0.15, -0.1) is 0 Å². The zero-order valence-corrected chi connectivity index (χ0v) is 70.1. The van der Waals surface area contributed by atoms with Crippen molar-refractivity contribution in [3.63, 3.8) is 0 Å². The van der Waals surface area contributed by atoms with Crippen molar-refractivity contribution in [1.29, 1.82) is 0 Å². The van der Waals surface area contributed by atoms with Crippen LogP contribution >= 0.6 is 7.82 Å². The molecule has 0 bridgehead atoms. The first kappa shape index (κ1) is 95.5. The minimum absolute atomic E-state index is 0. The number of carbonyl (C=O) groups excluding carboxylic acids is 4. The molecule has 0 aromatic heterocycles. The summed E-state index contributed by atoms with van der Waals surface area (Å²) in [5.41, 5.74) is 30.6. The minimum Gasteiger partial charge on any atom is -0.668 e. The summed E-state index contributed by atoms with van der Waals surface area (Å²) in [5.74, 6) is -3.88. The molecule has 5 heterocycles. The Balaban J connectivity index is 0.0000117. The molecule has 2 radical (unpaired) electrons. The van der Waals surface area contributed by atoms with E-state index in [-0.39, 0.29) is 113 Å². The average molecular weight is 1950 g/mol. The predicted octanol–water partition coefficient (Wildman–Crippen LogP) is 0.210. The summed E-state index contributed by atoms with van der Waals surface area (Å²) in [4.78, 5) is 66.7. The van der Waals surface area contributed by atoms with Gasteiger partial charge in [-0.2, -0.15) is 0 Å². The van der Waals surface area contributed by atoms with E-state index in [2.05, 4.69) is 75.7 Å². The molecule has 0 aromatic rings. The van der Waals surface area contributed by atoms with E-state index < -0.39 is 228 Å². The average Bonchev–Trinajstić information content (AvgIpc) is 0.976. The molecule has 27 atom stereocenters. The molecule has 27 unspecified atom stereocenters. The number of phosphoric acid groups is 1. The smallest absolute Gasteiger partial charge is 0.474 e. The van der Waals surface area contributed by atoms with Gasteiger partial charge in [0.1, 0.15) is 103 Å². The summed E-state index contributed by atoms with van der Waals surface area (Å²) in [7, 11) is -5.64. The molecule has 0 spiro atoms. The molecule has 5 fully saturated rings. The van der Waals surface area contributed by atoms with Crippen molar-refractivity contribution in [2.45, 2.75) is 272 Å². The Hall–Kier alpha value is -1.85. The van der Waals surface area contributed by atoms with E-state index in [0.717, 1.165) is 50.2 Å². The Morgan fingerprint density at radius 1 is 0.752 bits per heavy atom. The molecule has 0 aromatic carbocycles. The Labute approximate surface area is 679 Å². The standard InChI is InChI=1S/C65H104N5O32P.2Ac/c1-29(2)13-12-15-30(3)16-17-32(5)20-23-64(7,8)22-11-10-14-31(4)21-24-89-34(26-91-86)27-92-103(87,88)102-62-53(54(101-63(69)84)65(9,85)55(100-62)56(68)82)99-59-40(67)44(76)51(38(95-59)28-90-60-48(80)45(77)42(74)37(25-71)94-60)97-58-39(66)43(75)50(33(6)93-58)96-61-49(81)46(78)47(79)52(98-61)57(83)70-41-35(72)18-19-36(41)73;;/h11,13,16,21-22,33-34,37-40,42-55,58-62,66-67,71-72,74-81,85-86H,5,10,12,14-15,17-20,23-28H2,1-4,6-9H3,(H2,68,82)(H2,69,84)(H,70,83)(H,87,88);;/q-2;;/b22-11+,30-16+,31-21-;;. The van der Waals surface area contributed by atoms with Gasteiger partial charge in [-0.1, -0.05) is 85.2 Å². The maximum Gasteiger partial charge on any atom is 0.474 e. The first-order chi connectivity index (χ1) is 48.2. The predicted molar refractivity (Wildman–Crippen MR) is 354 cm³/mol. The van der Waals surface area contributed by atoms with Crippen molar-refractivity contribution in [2.75, 3.05) is 33.0 Å². The van der Waals surface area contributed by atoms with Gasteiger partial charge in [-0.05, 0) is 91.9 Å². The number of amides is 3. The summed E-state index contributed by atoms with van der Waals surface area (Å²) >= 11 is 0. The normalized spacial score (nSPS) is 36.5. The zero-order chi connectivity index (χ0) is 76.7. The molecular formula is C65H104Ac2N5O32P-2. The Bertz CT molecular complexity index is 3050. The molecule has 0 saturated carbocycles. The van der Waals surface area contributed by atoms with Crippen LogP contribution < -0.4 is 16.8 Å². The van der Waals surface area contributed by atoms with Crippen LogP contribution in [-0.2, 0) is 85.0 Å². The van der Waals surface area contributed by atoms with Gasteiger partial charge in [-0.25, -0.2) is 14.2 Å². The maximum absolute atomic E-state index is 14.0. The third-order valence-corrected chi connectivity index (χ3v) is 19.2. The number of aliphatic hydroxyl groups excluding tert-OH is 10. The number of aliphatic hydroxyl groups is 11. The van der Waals surface area contributed by atoms with Gasteiger partial charge in [0, 0.05) is 101 Å². The number of nitrogens with two attached hydrogens (primary N) is 2. The van der Waals surface area contributed by atoms with E-state index in [4.69, 9.17) is 78.4 Å². The van der Waals surface area contributed by atoms with E-state index in [1.165, 1.54) is 18.1 Å². The minimum atomic E-state index is -5.64. The summed E-state index contributed by atoms with van der Waals surface area (Å²) in [6.07, 6.45) is -32.5. The molecule has 6 rings (SSSR count). The van der Waals surface area contributed by atoms with Crippen molar-refractivity contribution in [3.8, 4) is 0 Å². The first-order valence-corrected chi connectivity index (χ1v) is 35.1. The van der Waals surface area contributed by atoms with E-state index >= 15 is 0 Å². The van der Waals surface area contributed by atoms with Gasteiger partial charge in [-0.3, -0.25) is 28.7 Å². The molecule has 40 heteroatoms. The molecule has 5 saturated heterocycles. The van der Waals surface area contributed by atoms with Crippen molar-refractivity contribution < 1.29 is 244 Å². The van der Waals surface area contributed by atoms with Crippen LogP contribution in [0.25, 0.3) is 11.5 Å². The Kier molecular flexibility index (Phi) is 39.5. The quantitative estimate of drug-likeness (QED) is 0.0173. The fraction of sp³-hybridized carbons (Fsp3) is 0.754. The van der Waals surface area contributed by atoms with Crippen LogP contribution in [0.1, 0.15) is 113 Å². The van der Waals surface area contributed by atoms with Crippen molar-refractivity contribution in [1.82, 2.24) is 5.32 Å². The molecule has 5 aliphatic heterocycles. The monoisotopic (exact) mass is 1950 g/mol. The first-order valence-electron chi connectivity index (χ1n) is 33.6. The second-order valence-electron chi connectivity index (χ2n) is 27.5. The summed E-state index contributed by atoms with van der Waals surface area (Å²) < 4.78 is 88.0. The number of nitrogens with one attached hydrogen (secondary N) is 3. The number of ether oxygens (including phenoxy) is 11. The van der Waals surface area contributed by atoms with Crippen LogP contribution in [0.2, 0.25) is 0 Å². The second kappa shape index (κ2) is 43.4. The molecule has 594 valence electrons. The summed E-state index contributed by atoms with van der Waals surface area (Å²) in [6.45, 7) is 15.2. The van der Waals surface area contributed by atoms with E-state index in [1.54, 1.807) is 6.08 Å². The van der Waals surface area contributed by atoms with Crippen LogP contribution in [0, 0.1) is 93.5 Å². The molecular weight excluding hydrogens is 1850 g/mol. The number of Topliss-reactive ketones (excluding diaryl/α,β-unsaturated/α-hetero) is 1. The van der Waals surface area contributed by atoms with Gasteiger partial charge >= 0.3 is 13.9 Å². The van der Waals surface area contributed by atoms with E-state index in [9.17, 15) is 95.8 Å². The zero-order valence-electron chi connectivity index (χ0n) is 59.8. The van der Waals surface area contributed by atoms with Gasteiger partial charge < -0.3 is 141 Å². The molecule has 1 aliphatic carbocycles. The van der Waals surface area contributed by atoms with Crippen molar-refractivity contribution in [3.05, 3.63) is 82.2 Å². The summed E-state index contributed by atoms with van der Waals surface area (Å²) in [5, 5.41) is 132. The third kappa shape index (κ3) is 26.9. The van der Waals surface area contributed by atoms with Gasteiger partial charge in [0.25, 0.3) is 5.91 Å². The molecule has 3 amide bonds.